The highest BCUT2D eigenvalue weighted by Gasteiger charge is 2.24. The molecule has 0 aliphatic carbocycles. The van der Waals surface area contributed by atoms with Crippen molar-refractivity contribution in [1.82, 2.24) is 19.3 Å². The summed E-state index contributed by atoms with van der Waals surface area (Å²) in [4.78, 5) is 8.73. The average molecular weight is 406 g/mol. The van der Waals surface area contributed by atoms with Crippen molar-refractivity contribution >= 4 is 37.5 Å². The summed E-state index contributed by atoms with van der Waals surface area (Å²) in [7, 11) is -3.85. The van der Waals surface area contributed by atoms with Gasteiger partial charge in [0.05, 0.1) is 27.6 Å². The number of nitrogens with zero attached hydrogens (tertiary/aromatic N) is 3. The Morgan fingerprint density at radius 2 is 2.03 bits per heavy atom. The smallest absolute Gasteiger partial charge is 0.268 e. The molecule has 5 rings (SSSR count). The molecule has 0 bridgehead atoms. The van der Waals surface area contributed by atoms with E-state index in [1.54, 1.807) is 36.7 Å². The second kappa shape index (κ2) is 6.68. The van der Waals surface area contributed by atoms with Gasteiger partial charge >= 0.3 is 0 Å². The lowest BCUT2D eigenvalue weighted by Gasteiger charge is -2.12. The second-order valence-corrected chi connectivity index (χ2v) is 8.76. The fourth-order valence-electron chi connectivity index (χ4n) is 3.69. The first-order valence-electron chi connectivity index (χ1n) is 9.24. The maximum absolute atomic E-state index is 13.5. The number of nitrogens with one attached hydrogen (secondary N) is 1. The SMILES string of the molecule is O=S(=O)(c1ccc2cc(O)cnc2c1)n1cc(C2=CCNCC2)c2ncccc21. The molecule has 0 saturated heterocycles. The van der Waals surface area contributed by atoms with E-state index in [0.717, 1.165) is 30.6 Å². The van der Waals surface area contributed by atoms with Gasteiger partial charge in [-0.25, -0.2) is 12.4 Å². The number of fused-ring (bicyclic) bond motifs is 2. The molecule has 0 spiro atoms. The first-order chi connectivity index (χ1) is 14.0. The fourth-order valence-corrected chi connectivity index (χ4v) is 5.07. The van der Waals surface area contributed by atoms with Crippen molar-refractivity contribution in [1.29, 1.82) is 0 Å². The first kappa shape index (κ1) is 17.8. The Morgan fingerprint density at radius 3 is 2.86 bits per heavy atom. The minimum absolute atomic E-state index is 0.0375. The average Bonchev–Trinajstić information content (AvgIpc) is 3.14. The van der Waals surface area contributed by atoms with E-state index < -0.39 is 10.0 Å². The van der Waals surface area contributed by atoms with Crippen LogP contribution >= 0.6 is 0 Å². The maximum atomic E-state index is 13.5. The highest BCUT2D eigenvalue weighted by atomic mass is 32.2. The Labute approximate surface area is 167 Å². The van der Waals surface area contributed by atoms with E-state index in [2.05, 4.69) is 21.4 Å². The molecule has 0 fully saturated rings. The minimum atomic E-state index is -3.85. The molecule has 2 N–H and O–H groups in total. The predicted molar refractivity (Wildman–Crippen MR) is 111 cm³/mol. The quantitative estimate of drug-likeness (QED) is 0.543. The molecule has 8 heteroatoms. The molecule has 0 unspecified atom stereocenters. The van der Waals surface area contributed by atoms with E-state index in [1.165, 1.54) is 22.3 Å². The van der Waals surface area contributed by atoms with Crippen LogP contribution in [0.15, 0.2) is 66.0 Å². The molecule has 29 heavy (non-hydrogen) atoms. The van der Waals surface area contributed by atoms with E-state index in [0.29, 0.717) is 21.9 Å². The van der Waals surface area contributed by atoms with Crippen molar-refractivity contribution in [2.24, 2.45) is 0 Å². The van der Waals surface area contributed by atoms with Crippen molar-refractivity contribution in [3.05, 3.63) is 66.6 Å². The number of hydrogen-bond acceptors (Lipinski definition) is 6. The third-order valence-corrected chi connectivity index (χ3v) is 6.80. The van der Waals surface area contributed by atoms with Crippen LogP contribution in [0.3, 0.4) is 0 Å². The summed E-state index contributed by atoms with van der Waals surface area (Å²) in [5.74, 6) is 0.0375. The number of hydrogen-bond donors (Lipinski definition) is 2. The Morgan fingerprint density at radius 1 is 1.14 bits per heavy atom. The molecule has 0 saturated carbocycles. The molecule has 1 aliphatic rings. The molecule has 3 aromatic heterocycles. The van der Waals surface area contributed by atoms with Crippen LogP contribution in [-0.4, -0.2) is 40.6 Å². The van der Waals surface area contributed by atoms with Gasteiger partial charge in [-0.3, -0.25) is 9.97 Å². The molecule has 4 heterocycles. The molecule has 0 radical (unpaired) electrons. The van der Waals surface area contributed by atoms with Gasteiger partial charge in [-0.15, -0.1) is 0 Å². The van der Waals surface area contributed by atoms with Gasteiger partial charge in [-0.2, -0.15) is 0 Å². The van der Waals surface area contributed by atoms with Crippen molar-refractivity contribution in [3.8, 4) is 5.75 Å². The molecule has 4 aromatic rings. The summed E-state index contributed by atoms with van der Waals surface area (Å²) in [6.07, 6.45) is 7.54. The Balaban J connectivity index is 1.70. The highest BCUT2D eigenvalue weighted by molar-refractivity contribution is 7.90. The topological polar surface area (TPSA) is 97.1 Å². The van der Waals surface area contributed by atoms with Gasteiger partial charge in [-0.05, 0) is 48.9 Å². The summed E-state index contributed by atoms with van der Waals surface area (Å²) in [5, 5.41) is 13.5. The van der Waals surface area contributed by atoms with E-state index >= 15 is 0 Å². The van der Waals surface area contributed by atoms with E-state index in [4.69, 9.17) is 0 Å². The Hall–Kier alpha value is -3.23. The highest BCUT2D eigenvalue weighted by Crippen LogP contribution is 2.31. The summed E-state index contributed by atoms with van der Waals surface area (Å²) >= 11 is 0. The zero-order chi connectivity index (χ0) is 20.0. The number of pyridine rings is 2. The van der Waals surface area contributed by atoms with Crippen molar-refractivity contribution in [3.63, 3.8) is 0 Å². The van der Waals surface area contributed by atoms with Crippen LogP contribution in [0.2, 0.25) is 0 Å². The lowest BCUT2D eigenvalue weighted by Crippen LogP contribution is -2.20. The molecular weight excluding hydrogens is 388 g/mol. The second-order valence-electron chi connectivity index (χ2n) is 6.95. The van der Waals surface area contributed by atoms with Crippen LogP contribution in [0, 0.1) is 0 Å². The fraction of sp³-hybridized carbons (Fsp3) is 0.143. The third kappa shape index (κ3) is 2.97. The third-order valence-electron chi connectivity index (χ3n) is 5.13. The van der Waals surface area contributed by atoms with Crippen LogP contribution in [0.4, 0.5) is 0 Å². The van der Waals surface area contributed by atoms with Crippen molar-refractivity contribution < 1.29 is 13.5 Å². The Kier molecular flexibility index (Phi) is 4.11. The summed E-state index contributed by atoms with van der Waals surface area (Å²) < 4.78 is 28.3. The minimum Gasteiger partial charge on any atom is -0.506 e. The molecule has 1 aliphatic heterocycles. The van der Waals surface area contributed by atoms with Crippen LogP contribution in [-0.2, 0) is 10.0 Å². The molecule has 146 valence electrons. The van der Waals surface area contributed by atoms with Gasteiger partial charge in [0.15, 0.2) is 0 Å². The molecule has 7 nitrogen and oxygen atoms in total. The predicted octanol–water partition coefficient (Wildman–Crippen LogP) is 2.90. The number of rotatable bonds is 3. The number of aromatic nitrogens is 3. The van der Waals surface area contributed by atoms with Gasteiger partial charge in [-0.1, -0.05) is 12.1 Å². The van der Waals surface area contributed by atoms with Crippen LogP contribution < -0.4 is 5.32 Å². The number of benzene rings is 1. The van der Waals surface area contributed by atoms with Gasteiger partial charge < -0.3 is 10.4 Å². The zero-order valence-electron chi connectivity index (χ0n) is 15.4. The monoisotopic (exact) mass is 406 g/mol. The maximum Gasteiger partial charge on any atom is 0.268 e. The lowest BCUT2D eigenvalue weighted by molar-refractivity contribution is 0.474. The summed E-state index contributed by atoms with van der Waals surface area (Å²) in [6.45, 7) is 1.60. The standard InChI is InChI=1S/C21H18N4O3S/c26-16-10-15-3-4-17(11-19(15)24-12-16)29(27,28)25-13-18(14-5-8-22-9-6-14)21-20(25)2-1-7-23-21/h1-5,7,10-13,22,26H,6,8-9H2. The van der Waals surface area contributed by atoms with Crippen LogP contribution in [0.5, 0.6) is 5.75 Å². The van der Waals surface area contributed by atoms with Gasteiger partial charge in [0.2, 0.25) is 0 Å². The van der Waals surface area contributed by atoms with Crippen LogP contribution in [0.1, 0.15) is 12.0 Å². The molecule has 1 aromatic carbocycles. The Bertz CT molecular complexity index is 1390. The van der Waals surface area contributed by atoms with Crippen molar-refractivity contribution in [2.45, 2.75) is 11.3 Å². The summed E-state index contributed by atoms with van der Waals surface area (Å²) in [5.41, 5.74) is 3.65. The van der Waals surface area contributed by atoms with Gasteiger partial charge in [0.25, 0.3) is 10.0 Å². The molecule has 0 amide bonds. The van der Waals surface area contributed by atoms with Gasteiger partial charge in [0.1, 0.15) is 5.75 Å². The van der Waals surface area contributed by atoms with Gasteiger partial charge in [0, 0.05) is 29.9 Å². The summed E-state index contributed by atoms with van der Waals surface area (Å²) in [6, 6.07) is 9.76. The normalized spacial score (nSPS) is 15.0. The lowest BCUT2D eigenvalue weighted by atomic mass is 10.0. The molecule has 0 atom stereocenters. The van der Waals surface area contributed by atoms with Crippen molar-refractivity contribution in [2.75, 3.05) is 13.1 Å². The van der Waals surface area contributed by atoms with E-state index in [1.807, 2.05) is 0 Å². The first-order valence-corrected chi connectivity index (χ1v) is 10.7. The molecular formula is C21H18N4O3S. The van der Waals surface area contributed by atoms with E-state index in [-0.39, 0.29) is 10.6 Å². The zero-order valence-corrected chi connectivity index (χ0v) is 16.2. The van der Waals surface area contributed by atoms with Crippen LogP contribution in [0.25, 0.3) is 27.5 Å². The van der Waals surface area contributed by atoms with E-state index in [9.17, 15) is 13.5 Å². The number of aromatic hydroxyl groups is 1. The largest absolute Gasteiger partial charge is 0.506 e.